The quantitative estimate of drug-likeness (QED) is 0.499. The standard InChI is InChI=1S/C18H19ClN4O4/c1-26-15-8-3-5-12(17(15)27-2)10-21-23-16(24)11-20-18(25)22-14-7-4-6-13(19)9-14/h3-10H,11H2,1-2H3,(H,23,24)(H2,20,22,25)/b21-10+. The van der Waals surface area contributed by atoms with Gasteiger partial charge in [0.1, 0.15) is 6.54 Å². The van der Waals surface area contributed by atoms with E-state index in [4.69, 9.17) is 21.1 Å². The Morgan fingerprint density at radius 1 is 1.15 bits per heavy atom. The van der Waals surface area contributed by atoms with E-state index in [-0.39, 0.29) is 6.54 Å². The number of hydrogen-bond donors (Lipinski definition) is 3. The van der Waals surface area contributed by atoms with E-state index in [1.165, 1.54) is 20.4 Å². The second-order valence-electron chi connectivity index (χ2n) is 5.19. The number of halogens is 1. The third-order valence-electron chi connectivity index (χ3n) is 3.32. The summed E-state index contributed by atoms with van der Waals surface area (Å²) in [6.45, 7) is -0.251. The molecule has 0 aromatic heterocycles. The average Bonchev–Trinajstić information content (AvgIpc) is 2.66. The fourth-order valence-electron chi connectivity index (χ4n) is 2.13. The number of anilines is 1. The number of nitrogens with one attached hydrogen (secondary N) is 3. The van der Waals surface area contributed by atoms with E-state index < -0.39 is 11.9 Å². The van der Waals surface area contributed by atoms with E-state index in [1.807, 2.05) is 0 Å². The molecule has 0 aliphatic rings. The van der Waals surface area contributed by atoms with Crippen molar-refractivity contribution in [1.29, 1.82) is 0 Å². The van der Waals surface area contributed by atoms with Crippen LogP contribution in [0.5, 0.6) is 11.5 Å². The molecule has 9 heteroatoms. The van der Waals surface area contributed by atoms with E-state index in [0.717, 1.165) is 0 Å². The van der Waals surface area contributed by atoms with Gasteiger partial charge < -0.3 is 20.1 Å². The molecule has 0 saturated carbocycles. The average molecular weight is 391 g/mol. The summed E-state index contributed by atoms with van der Waals surface area (Å²) in [5.41, 5.74) is 3.46. The van der Waals surface area contributed by atoms with Crippen LogP contribution in [0.15, 0.2) is 47.6 Å². The van der Waals surface area contributed by atoms with Crippen molar-refractivity contribution in [3.05, 3.63) is 53.1 Å². The zero-order valence-electron chi connectivity index (χ0n) is 14.8. The lowest BCUT2D eigenvalue weighted by molar-refractivity contribution is -0.120. The van der Waals surface area contributed by atoms with Crippen LogP contribution in [0.25, 0.3) is 0 Å². The molecule has 2 aromatic carbocycles. The number of rotatable bonds is 7. The van der Waals surface area contributed by atoms with Crippen molar-refractivity contribution in [2.75, 3.05) is 26.1 Å². The Hall–Kier alpha value is -3.26. The lowest BCUT2D eigenvalue weighted by Gasteiger charge is -2.09. The zero-order chi connectivity index (χ0) is 19.6. The van der Waals surface area contributed by atoms with Crippen molar-refractivity contribution in [2.45, 2.75) is 0 Å². The van der Waals surface area contributed by atoms with Gasteiger partial charge >= 0.3 is 6.03 Å². The fourth-order valence-corrected chi connectivity index (χ4v) is 2.32. The van der Waals surface area contributed by atoms with E-state index >= 15 is 0 Å². The van der Waals surface area contributed by atoms with Crippen LogP contribution in [-0.4, -0.2) is 38.9 Å². The summed E-state index contributed by atoms with van der Waals surface area (Å²) < 4.78 is 10.5. The molecule has 0 heterocycles. The van der Waals surface area contributed by atoms with Gasteiger partial charge in [-0.3, -0.25) is 4.79 Å². The SMILES string of the molecule is COc1cccc(/C=N/NC(=O)CNC(=O)Nc2cccc(Cl)c2)c1OC. The Morgan fingerprint density at radius 2 is 1.93 bits per heavy atom. The van der Waals surface area contributed by atoms with Crippen molar-refractivity contribution in [3.8, 4) is 11.5 Å². The predicted octanol–water partition coefficient (Wildman–Crippen LogP) is 2.63. The maximum Gasteiger partial charge on any atom is 0.319 e. The number of urea groups is 1. The highest BCUT2D eigenvalue weighted by atomic mass is 35.5. The molecule has 0 spiro atoms. The van der Waals surface area contributed by atoms with Crippen LogP contribution in [0, 0.1) is 0 Å². The van der Waals surface area contributed by atoms with Gasteiger partial charge in [-0.05, 0) is 30.3 Å². The van der Waals surface area contributed by atoms with Gasteiger partial charge in [0.15, 0.2) is 11.5 Å². The molecule has 8 nitrogen and oxygen atoms in total. The molecular formula is C18H19ClN4O4. The van der Waals surface area contributed by atoms with Crippen molar-refractivity contribution >= 4 is 35.4 Å². The predicted molar refractivity (Wildman–Crippen MR) is 104 cm³/mol. The summed E-state index contributed by atoms with van der Waals surface area (Å²) in [5, 5.41) is 9.32. The number of benzene rings is 2. The normalized spacial score (nSPS) is 10.3. The van der Waals surface area contributed by atoms with Gasteiger partial charge in [-0.25, -0.2) is 10.2 Å². The molecule has 3 N–H and O–H groups in total. The fraction of sp³-hybridized carbons (Fsp3) is 0.167. The van der Waals surface area contributed by atoms with E-state index in [0.29, 0.717) is 27.8 Å². The highest BCUT2D eigenvalue weighted by molar-refractivity contribution is 6.30. The second-order valence-corrected chi connectivity index (χ2v) is 5.63. The maximum atomic E-state index is 11.8. The first-order valence-corrected chi connectivity index (χ1v) is 8.24. The smallest absolute Gasteiger partial charge is 0.319 e. The molecule has 3 amide bonds. The van der Waals surface area contributed by atoms with Crippen LogP contribution in [0.1, 0.15) is 5.56 Å². The molecule has 0 aliphatic carbocycles. The molecule has 142 valence electrons. The molecule has 0 unspecified atom stereocenters. The van der Waals surface area contributed by atoms with Crippen LogP contribution >= 0.6 is 11.6 Å². The van der Waals surface area contributed by atoms with Gasteiger partial charge in [-0.1, -0.05) is 23.7 Å². The number of hydrogen-bond acceptors (Lipinski definition) is 5. The van der Waals surface area contributed by atoms with Gasteiger partial charge in [0.05, 0.1) is 20.4 Å². The van der Waals surface area contributed by atoms with Crippen LogP contribution in [0.4, 0.5) is 10.5 Å². The van der Waals surface area contributed by atoms with Crippen molar-refractivity contribution in [2.24, 2.45) is 5.10 Å². The number of carbonyl (C=O) groups is 2. The summed E-state index contributed by atoms with van der Waals surface area (Å²) in [4.78, 5) is 23.5. The number of hydrazone groups is 1. The summed E-state index contributed by atoms with van der Waals surface area (Å²) >= 11 is 5.84. The third-order valence-corrected chi connectivity index (χ3v) is 3.55. The van der Waals surface area contributed by atoms with Crippen molar-refractivity contribution < 1.29 is 19.1 Å². The van der Waals surface area contributed by atoms with Crippen LogP contribution in [0.3, 0.4) is 0 Å². The monoisotopic (exact) mass is 390 g/mol. The first kappa shape index (κ1) is 20.1. The summed E-state index contributed by atoms with van der Waals surface area (Å²) in [5.74, 6) is 0.554. The van der Waals surface area contributed by atoms with Crippen molar-refractivity contribution in [3.63, 3.8) is 0 Å². The van der Waals surface area contributed by atoms with Gasteiger partial charge in [0, 0.05) is 16.3 Å². The molecule has 0 atom stereocenters. The molecule has 0 fully saturated rings. The maximum absolute atomic E-state index is 11.8. The first-order chi connectivity index (χ1) is 13.0. The number of para-hydroxylation sites is 1. The first-order valence-electron chi connectivity index (χ1n) is 7.86. The minimum atomic E-state index is -0.536. The number of ether oxygens (including phenoxy) is 2. The summed E-state index contributed by atoms with van der Waals surface area (Å²) in [7, 11) is 3.04. The molecule has 0 bridgehead atoms. The Balaban J connectivity index is 1.82. The lowest BCUT2D eigenvalue weighted by atomic mass is 10.2. The molecule has 2 rings (SSSR count). The topological polar surface area (TPSA) is 101 Å². The molecule has 0 aliphatic heterocycles. The summed E-state index contributed by atoms with van der Waals surface area (Å²) in [6, 6.07) is 11.4. The van der Waals surface area contributed by atoms with E-state index in [2.05, 4.69) is 21.2 Å². The Morgan fingerprint density at radius 3 is 2.63 bits per heavy atom. The molecular weight excluding hydrogens is 372 g/mol. The minimum Gasteiger partial charge on any atom is -0.493 e. The number of amides is 3. The number of nitrogens with zero attached hydrogens (tertiary/aromatic N) is 1. The molecule has 0 saturated heterocycles. The van der Waals surface area contributed by atoms with Gasteiger partial charge in [-0.2, -0.15) is 5.10 Å². The van der Waals surface area contributed by atoms with E-state index in [1.54, 1.807) is 42.5 Å². The Labute approximate surface area is 161 Å². The van der Waals surface area contributed by atoms with E-state index in [9.17, 15) is 9.59 Å². The van der Waals surface area contributed by atoms with Gasteiger partial charge in [0.25, 0.3) is 5.91 Å². The van der Waals surface area contributed by atoms with Crippen molar-refractivity contribution in [1.82, 2.24) is 10.7 Å². The molecule has 27 heavy (non-hydrogen) atoms. The summed E-state index contributed by atoms with van der Waals surface area (Å²) in [6.07, 6.45) is 1.42. The Bertz CT molecular complexity index is 842. The number of carbonyl (C=O) groups excluding carboxylic acids is 2. The Kier molecular flexibility index (Phi) is 7.45. The molecule has 2 aromatic rings. The second kappa shape index (κ2) is 10.0. The van der Waals surface area contributed by atoms with Crippen LogP contribution in [-0.2, 0) is 4.79 Å². The minimum absolute atomic E-state index is 0.251. The third kappa shape index (κ3) is 6.19. The van der Waals surface area contributed by atoms with Gasteiger partial charge in [0.2, 0.25) is 0 Å². The zero-order valence-corrected chi connectivity index (χ0v) is 15.5. The van der Waals surface area contributed by atoms with Crippen LogP contribution < -0.4 is 25.5 Å². The highest BCUT2D eigenvalue weighted by Gasteiger charge is 2.08. The lowest BCUT2D eigenvalue weighted by Crippen LogP contribution is -2.37. The molecule has 0 radical (unpaired) electrons. The largest absolute Gasteiger partial charge is 0.493 e. The van der Waals surface area contributed by atoms with Crippen LogP contribution in [0.2, 0.25) is 5.02 Å². The van der Waals surface area contributed by atoms with Gasteiger partial charge in [-0.15, -0.1) is 0 Å². The number of methoxy groups -OCH3 is 2. The highest BCUT2D eigenvalue weighted by Crippen LogP contribution is 2.29.